The monoisotopic (exact) mass is 294 g/mol. The Morgan fingerprint density at radius 2 is 1.60 bits per heavy atom. The minimum absolute atomic E-state index is 0.297. The minimum Gasteiger partial charge on any atom is -0.294 e. The van der Waals surface area contributed by atoms with E-state index in [9.17, 15) is 18.4 Å². The van der Waals surface area contributed by atoms with Crippen LogP contribution in [-0.4, -0.2) is 11.6 Å². The Balaban J connectivity index is 2.15. The first-order chi connectivity index (χ1) is 9.47. The highest BCUT2D eigenvalue weighted by Crippen LogP contribution is 2.15. The molecule has 0 atom stereocenters. The van der Waals surface area contributed by atoms with Crippen LogP contribution in [0.25, 0.3) is 0 Å². The van der Waals surface area contributed by atoms with Gasteiger partial charge in [0.05, 0.1) is 12.0 Å². The van der Waals surface area contributed by atoms with E-state index in [0.717, 1.165) is 12.1 Å². The molecule has 0 amide bonds. The van der Waals surface area contributed by atoms with Gasteiger partial charge >= 0.3 is 0 Å². The Bertz CT molecular complexity index is 666. The second-order valence-corrected chi connectivity index (χ2v) is 4.59. The molecule has 0 saturated heterocycles. The lowest BCUT2D eigenvalue weighted by Crippen LogP contribution is -2.10. The van der Waals surface area contributed by atoms with Crippen LogP contribution in [-0.2, 0) is 0 Å². The van der Waals surface area contributed by atoms with Gasteiger partial charge in [-0.3, -0.25) is 9.59 Å². The van der Waals surface area contributed by atoms with Crippen LogP contribution in [0.2, 0.25) is 5.02 Å². The molecule has 0 aliphatic heterocycles. The van der Waals surface area contributed by atoms with Crippen LogP contribution in [0.15, 0.2) is 42.5 Å². The normalized spacial score (nSPS) is 10.3. The molecular formula is C15H9ClF2O2. The average Bonchev–Trinajstić information content (AvgIpc) is 2.39. The molecule has 0 aliphatic carbocycles. The van der Waals surface area contributed by atoms with Crippen molar-refractivity contribution in [3.8, 4) is 0 Å². The molecule has 20 heavy (non-hydrogen) atoms. The molecule has 0 fully saturated rings. The predicted octanol–water partition coefficient (Wildman–Crippen LogP) is 4.07. The second-order valence-electron chi connectivity index (χ2n) is 4.15. The molecule has 2 rings (SSSR count). The molecule has 0 heterocycles. The molecule has 0 bridgehead atoms. The zero-order chi connectivity index (χ0) is 14.7. The quantitative estimate of drug-likeness (QED) is 0.629. The van der Waals surface area contributed by atoms with Crippen molar-refractivity contribution < 1.29 is 18.4 Å². The highest BCUT2D eigenvalue weighted by Gasteiger charge is 2.17. The molecule has 0 saturated carbocycles. The SMILES string of the molecule is O=C(CC(=O)c1ccc(F)cc1F)c1ccc(Cl)cc1. The minimum atomic E-state index is -0.973. The Morgan fingerprint density at radius 1 is 0.950 bits per heavy atom. The highest BCUT2D eigenvalue weighted by atomic mass is 35.5. The maximum atomic E-state index is 13.4. The third-order valence-electron chi connectivity index (χ3n) is 2.72. The number of halogens is 3. The van der Waals surface area contributed by atoms with Crippen molar-refractivity contribution in [2.24, 2.45) is 0 Å². The van der Waals surface area contributed by atoms with Crippen LogP contribution in [0, 0.1) is 11.6 Å². The summed E-state index contributed by atoms with van der Waals surface area (Å²) < 4.78 is 26.2. The van der Waals surface area contributed by atoms with Gasteiger partial charge in [0.2, 0.25) is 0 Å². The molecule has 0 unspecified atom stereocenters. The molecule has 2 nitrogen and oxygen atoms in total. The fraction of sp³-hybridized carbons (Fsp3) is 0.0667. The van der Waals surface area contributed by atoms with Crippen LogP contribution in [0.5, 0.6) is 0 Å². The van der Waals surface area contributed by atoms with Gasteiger partial charge in [-0.2, -0.15) is 0 Å². The van der Waals surface area contributed by atoms with Crippen LogP contribution in [0.3, 0.4) is 0 Å². The number of Topliss-reactive ketones (excluding diaryl/α,β-unsaturated/α-hetero) is 2. The summed E-state index contributed by atoms with van der Waals surface area (Å²) in [6.07, 6.45) is -0.482. The number of rotatable bonds is 4. The number of hydrogen-bond donors (Lipinski definition) is 0. The molecule has 0 spiro atoms. The van der Waals surface area contributed by atoms with Gasteiger partial charge in [-0.05, 0) is 36.4 Å². The van der Waals surface area contributed by atoms with E-state index in [1.807, 2.05) is 0 Å². The maximum Gasteiger partial charge on any atom is 0.173 e. The molecular weight excluding hydrogens is 286 g/mol. The molecule has 0 N–H and O–H groups in total. The van der Waals surface area contributed by atoms with Crippen LogP contribution in [0.4, 0.5) is 8.78 Å². The average molecular weight is 295 g/mol. The summed E-state index contributed by atoms with van der Waals surface area (Å²) in [6.45, 7) is 0. The lowest BCUT2D eigenvalue weighted by Gasteiger charge is -2.03. The standard InChI is InChI=1S/C15H9ClF2O2/c16-10-3-1-9(2-4-10)14(19)8-15(20)12-6-5-11(17)7-13(12)18/h1-7H,8H2. The molecule has 0 aliphatic rings. The highest BCUT2D eigenvalue weighted by molar-refractivity contribution is 6.30. The number of ketones is 2. The Morgan fingerprint density at radius 3 is 2.20 bits per heavy atom. The smallest absolute Gasteiger partial charge is 0.173 e. The summed E-state index contributed by atoms with van der Waals surface area (Å²) >= 11 is 5.69. The van der Waals surface area contributed by atoms with E-state index in [4.69, 9.17) is 11.6 Å². The molecule has 0 aromatic heterocycles. The fourth-order valence-electron chi connectivity index (χ4n) is 1.69. The van der Waals surface area contributed by atoms with Crippen LogP contribution >= 0.6 is 11.6 Å². The summed E-state index contributed by atoms with van der Waals surface area (Å²) in [4.78, 5) is 23.7. The van der Waals surface area contributed by atoms with E-state index in [-0.39, 0.29) is 5.56 Å². The maximum absolute atomic E-state index is 13.4. The Kier molecular flexibility index (Phi) is 4.25. The van der Waals surface area contributed by atoms with Gasteiger partial charge in [0, 0.05) is 16.7 Å². The lowest BCUT2D eigenvalue weighted by atomic mass is 10.0. The van der Waals surface area contributed by atoms with Gasteiger partial charge < -0.3 is 0 Å². The Labute approximate surface area is 119 Å². The molecule has 102 valence electrons. The van der Waals surface area contributed by atoms with Gasteiger partial charge in [0.1, 0.15) is 11.6 Å². The van der Waals surface area contributed by atoms with E-state index < -0.39 is 29.6 Å². The molecule has 0 radical (unpaired) electrons. The van der Waals surface area contributed by atoms with Gasteiger partial charge in [-0.25, -0.2) is 8.78 Å². The first-order valence-electron chi connectivity index (χ1n) is 5.74. The van der Waals surface area contributed by atoms with E-state index in [2.05, 4.69) is 0 Å². The van der Waals surface area contributed by atoms with Gasteiger partial charge in [0.15, 0.2) is 11.6 Å². The molecule has 5 heteroatoms. The van der Waals surface area contributed by atoms with Crippen molar-refractivity contribution in [2.75, 3.05) is 0 Å². The number of hydrogen-bond acceptors (Lipinski definition) is 2. The summed E-state index contributed by atoms with van der Waals surface area (Å²) in [7, 11) is 0. The zero-order valence-electron chi connectivity index (χ0n) is 10.2. The van der Waals surface area contributed by atoms with E-state index >= 15 is 0 Å². The summed E-state index contributed by atoms with van der Waals surface area (Å²) in [5, 5.41) is 0.470. The first kappa shape index (κ1) is 14.3. The van der Waals surface area contributed by atoms with Crippen molar-refractivity contribution in [1.82, 2.24) is 0 Å². The lowest BCUT2D eigenvalue weighted by molar-refractivity contribution is 0.0892. The largest absolute Gasteiger partial charge is 0.294 e. The van der Waals surface area contributed by atoms with Crippen molar-refractivity contribution in [2.45, 2.75) is 6.42 Å². The van der Waals surface area contributed by atoms with Crippen LogP contribution < -0.4 is 0 Å². The van der Waals surface area contributed by atoms with Crippen molar-refractivity contribution in [1.29, 1.82) is 0 Å². The van der Waals surface area contributed by atoms with E-state index in [1.165, 1.54) is 24.3 Å². The third kappa shape index (κ3) is 3.27. The summed E-state index contributed by atoms with van der Waals surface area (Å²) in [6, 6.07) is 8.64. The van der Waals surface area contributed by atoms with E-state index in [0.29, 0.717) is 16.7 Å². The first-order valence-corrected chi connectivity index (χ1v) is 6.12. The number of carbonyl (C=O) groups excluding carboxylic acids is 2. The summed E-state index contributed by atoms with van der Waals surface area (Å²) in [5.41, 5.74) is 0.0129. The van der Waals surface area contributed by atoms with Crippen molar-refractivity contribution in [3.05, 3.63) is 70.2 Å². The number of benzene rings is 2. The zero-order valence-corrected chi connectivity index (χ0v) is 11.0. The van der Waals surface area contributed by atoms with Gasteiger partial charge in [-0.1, -0.05) is 11.6 Å². The topological polar surface area (TPSA) is 34.1 Å². The molecule has 2 aromatic rings. The third-order valence-corrected chi connectivity index (χ3v) is 2.97. The van der Waals surface area contributed by atoms with Crippen LogP contribution in [0.1, 0.15) is 27.1 Å². The van der Waals surface area contributed by atoms with Crippen molar-refractivity contribution >= 4 is 23.2 Å². The second kappa shape index (κ2) is 5.92. The number of carbonyl (C=O) groups is 2. The van der Waals surface area contributed by atoms with E-state index in [1.54, 1.807) is 0 Å². The summed E-state index contributed by atoms with van der Waals surface area (Å²) in [5.74, 6) is -2.89. The fourth-order valence-corrected chi connectivity index (χ4v) is 1.82. The Hall–Kier alpha value is -2.07. The van der Waals surface area contributed by atoms with Gasteiger partial charge in [-0.15, -0.1) is 0 Å². The predicted molar refractivity (Wildman–Crippen MR) is 71.1 cm³/mol. The van der Waals surface area contributed by atoms with Gasteiger partial charge in [0.25, 0.3) is 0 Å². The molecule has 2 aromatic carbocycles. The van der Waals surface area contributed by atoms with Crippen molar-refractivity contribution in [3.63, 3.8) is 0 Å².